The fourth-order valence-corrected chi connectivity index (χ4v) is 3.76. The summed E-state index contributed by atoms with van der Waals surface area (Å²) in [5.74, 6) is -0.894. The predicted molar refractivity (Wildman–Crippen MR) is 110 cm³/mol. The molecule has 0 heterocycles. The van der Waals surface area contributed by atoms with Gasteiger partial charge in [0.2, 0.25) is 10.0 Å². The van der Waals surface area contributed by atoms with Crippen molar-refractivity contribution in [1.29, 1.82) is 0 Å². The van der Waals surface area contributed by atoms with Gasteiger partial charge < -0.3 is 10.1 Å². The number of hydrogen-bond donors (Lipinski definition) is 2. The molecule has 7 nitrogen and oxygen atoms in total. The van der Waals surface area contributed by atoms with Crippen molar-refractivity contribution >= 4 is 21.9 Å². The SMILES string of the molecule is CC(C)CNC(=O)COC(=O)c1cccc(S(=O)(=O)N[C@H](C)c2ccccc2)c1. The van der Waals surface area contributed by atoms with E-state index in [-0.39, 0.29) is 16.4 Å². The normalized spacial score (nSPS) is 12.4. The minimum atomic E-state index is -3.85. The van der Waals surface area contributed by atoms with Crippen molar-refractivity contribution in [3.8, 4) is 0 Å². The van der Waals surface area contributed by atoms with E-state index in [0.717, 1.165) is 5.56 Å². The van der Waals surface area contributed by atoms with Crippen LogP contribution in [0.3, 0.4) is 0 Å². The fraction of sp³-hybridized carbons (Fsp3) is 0.333. The van der Waals surface area contributed by atoms with Gasteiger partial charge in [-0.2, -0.15) is 0 Å². The second-order valence-electron chi connectivity index (χ2n) is 7.06. The van der Waals surface area contributed by atoms with Crippen molar-refractivity contribution in [3.05, 3.63) is 65.7 Å². The fourth-order valence-electron chi connectivity index (χ4n) is 2.48. The Morgan fingerprint density at radius 3 is 2.34 bits per heavy atom. The zero-order valence-corrected chi connectivity index (χ0v) is 17.5. The number of nitrogens with one attached hydrogen (secondary N) is 2. The van der Waals surface area contributed by atoms with Gasteiger partial charge in [0.25, 0.3) is 5.91 Å². The Bertz CT molecular complexity index is 943. The number of carbonyl (C=O) groups is 2. The summed E-state index contributed by atoms with van der Waals surface area (Å²) < 4.78 is 32.9. The zero-order chi connectivity index (χ0) is 21.4. The van der Waals surface area contributed by atoms with Crippen LogP contribution in [0.1, 0.15) is 42.7 Å². The summed E-state index contributed by atoms with van der Waals surface area (Å²) in [5, 5.41) is 2.64. The van der Waals surface area contributed by atoms with E-state index in [0.29, 0.717) is 6.54 Å². The number of amides is 1. The lowest BCUT2D eigenvalue weighted by molar-refractivity contribution is -0.124. The number of sulfonamides is 1. The van der Waals surface area contributed by atoms with Crippen LogP contribution in [0.25, 0.3) is 0 Å². The summed E-state index contributed by atoms with van der Waals surface area (Å²) in [6.07, 6.45) is 0. The quantitative estimate of drug-likeness (QED) is 0.610. The van der Waals surface area contributed by atoms with Gasteiger partial charge in [0, 0.05) is 12.6 Å². The van der Waals surface area contributed by atoms with Crippen molar-refractivity contribution < 1.29 is 22.7 Å². The lowest BCUT2D eigenvalue weighted by atomic mass is 10.1. The number of esters is 1. The minimum Gasteiger partial charge on any atom is -0.452 e. The molecule has 2 aromatic carbocycles. The number of carbonyl (C=O) groups excluding carboxylic acids is 2. The first-order valence-electron chi connectivity index (χ1n) is 9.30. The van der Waals surface area contributed by atoms with Crippen LogP contribution in [0.15, 0.2) is 59.5 Å². The smallest absolute Gasteiger partial charge is 0.338 e. The highest BCUT2D eigenvalue weighted by molar-refractivity contribution is 7.89. The van der Waals surface area contributed by atoms with Crippen molar-refractivity contribution in [2.75, 3.05) is 13.2 Å². The largest absolute Gasteiger partial charge is 0.452 e. The summed E-state index contributed by atoms with van der Waals surface area (Å²) in [4.78, 5) is 23.8. The van der Waals surface area contributed by atoms with Crippen LogP contribution < -0.4 is 10.0 Å². The molecule has 0 saturated heterocycles. The Hall–Kier alpha value is -2.71. The molecule has 2 N–H and O–H groups in total. The highest BCUT2D eigenvalue weighted by Gasteiger charge is 2.20. The molecule has 0 unspecified atom stereocenters. The maximum absolute atomic E-state index is 12.7. The molecule has 29 heavy (non-hydrogen) atoms. The van der Waals surface area contributed by atoms with E-state index in [1.807, 2.05) is 44.2 Å². The van der Waals surface area contributed by atoms with Crippen molar-refractivity contribution in [2.24, 2.45) is 5.92 Å². The molecule has 0 bridgehead atoms. The Morgan fingerprint density at radius 2 is 1.69 bits per heavy atom. The van der Waals surface area contributed by atoms with Gasteiger partial charge in [-0.05, 0) is 36.6 Å². The van der Waals surface area contributed by atoms with Crippen molar-refractivity contribution in [2.45, 2.75) is 31.7 Å². The van der Waals surface area contributed by atoms with E-state index in [4.69, 9.17) is 4.74 Å². The Balaban J connectivity index is 2.03. The number of ether oxygens (including phenoxy) is 1. The van der Waals surface area contributed by atoms with Crippen LogP contribution in [0.2, 0.25) is 0 Å². The van der Waals surface area contributed by atoms with Crippen LogP contribution in [0.4, 0.5) is 0 Å². The molecular weight excluding hydrogens is 392 g/mol. The van der Waals surface area contributed by atoms with E-state index in [1.54, 1.807) is 6.92 Å². The number of hydrogen-bond acceptors (Lipinski definition) is 5. The summed E-state index contributed by atoms with van der Waals surface area (Å²) in [6.45, 7) is 5.69. The average molecular weight is 419 g/mol. The van der Waals surface area contributed by atoms with Crippen LogP contribution in [-0.2, 0) is 19.6 Å². The molecular formula is C21H26N2O5S. The summed E-state index contributed by atoms with van der Waals surface area (Å²) in [6, 6.07) is 14.2. The summed E-state index contributed by atoms with van der Waals surface area (Å²) in [5.41, 5.74) is 0.871. The molecule has 0 radical (unpaired) electrons. The van der Waals surface area contributed by atoms with Crippen LogP contribution in [-0.4, -0.2) is 33.4 Å². The summed E-state index contributed by atoms with van der Waals surface area (Å²) in [7, 11) is -3.85. The lowest BCUT2D eigenvalue weighted by Crippen LogP contribution is -2.31. The average Bonchev–Trinajstić information content (AvgIpc) is 2.70. The first-order valence-corrected chi connectivity index (χ1v) is 10.8. The molecule has 2 aromatic rings. The second kappa shape index (κ2) is 10.2. The zero-order valence-electron chi connectivity index (χ0n) is 16.7. The van der Waals surface area contributed by atoms with Gasteiger partial charge in [-0.15, -0.1) is 0 Å². The molecule has 156 valence electrons. The van der Waals surface area contributed by atoms with Crippen LogP contribution >= 0.6 is 0 Å². The second-order valence-corrected chi connectivity index (χ2v) is 8.77. The third kappa shape index (κ3) is 6.99. The van der Waals surface area contributed by atoms with Crippen molar-refractivity contribution in [1.82, 2.24) is 10.0 Å². The van der Waals surface area contributed by atoms with Gasteiger partial charge in [0.05, 0.1) is 10.5 Å². The first-order chi connectivity index (χ1) is 13.7. The van der Waals surface area contributed by atoms with E-state index < -0.39 is 34.5 Å². The molecule has 1 amide bonds. The van der Waals surface area contributed by atoms with Gasteiger partial charge in [-0.25, -0.2) is 17.9 Å². The Morgan fingerprint density at radius 1 is 1.00 bits per heavy atom. The highest BCUT2D eigenvalue weighted by Crippen LogP contribution is 2.18. The van der Waals surface area contributed by atoms with Gasteiger partial charge >= 0.3 is 5.97 Å². The molecule has 0 aliphatic heterocycles. The van der Waals surface area contributed by atoms with E-state index >= 15 is 0 Å². The molecule has 2 rings (SSSR count). The molecule has 0 aromatic heterocycles. The maximum atomic E-state index is 12.7. The number of rotatable bonds is 9. The predicted octanol–water partition coefficient (Wildman–Crippen LogP) is 2.66. The van der Waals surface area contributed by atoms with Crippen molar-refractivity contribution in [3.63, 3.8) is 0 Å². The monoisotopic (exact) mass is 418 g/mol. The van der Waals surface area contributed by atoms with E-state index in [1.165, 1.54) is 24.3 Å². The van der Waals surface area contributed by atoms with Crippen LogP contribution in [0.5, 0.6) is 0 Å². The molecule has 0 saturated carbocycles. The first kappa shape index (κ1) is 22.6. The standard InChI is InChI=1S/C21H26N2O5S/c1-15(2)13-22-20(24)14-28-21(25)18-10-7-11-19(12-18)29(26,27)23-16(3)17-8-5-4-6-9-17/h4-12,15-16,23H,13-14H2,1-3H3,(H,22,24)/t16-/m1/s1. The topological polar surface area (TPSA) is 102 Å². The molecule has 0 aliphatic carbocycles. The van der Waals surface area contributed by atoms with Gasteiger partial charge in [-0.3, -0.25) is 4.79 Å². The van der Waals surface area contributed by atoms with E-state index in [2.05, 4.69) is 10.0 Å². The number of benzene rings is 2. The molecule has 8 heteroatoms. The minimum absolute atomic E-state index is 0.0527. The van der Waals surface area contributed by atoms with E-state index in [9.17, 15) is 18.0 Å². The van der Waals surface area contributed by atoms with Crippen LogP contribution in [0, 0.1) is 5.92 Å². The molecule has 0 fully saturated rings. The highest BCUT2D eigenvalue weighted by atomic mass is 32.2. The molecule has 0 aliphatic rings. The molecule has 0 spiro atoms. The van der Waals surface area contributed by atoms with Gasteiger partial charge in [-0.1, -0.05) is 50.2 Å². The molecule has 1 atom stereocenters. The third-order valence-electron chi connectivity index (χ3n) is 4.05. The Kier molecular flexibility index (Phi) is 7.92. The maximum Gasteiger partial charge on any atom is 0.338 e. The Labute approximate surface area is 171 Å². The summed E-state index contributed by atoms with van der Waals surface area (Å²) >= 11 is 0. The third-order valence-corrected chi connectivity index (χ3v) is 5.59. The van der Waals surface area contributed by atoms with Gasteiger partial charge in [0.1, 0.15) is 0 Å². The van der Waals surface area contributed by atoms with Gasteiger partial charge in [0.15, 0.2) is 6.61 Å². The lowest BCUT2D eigenvalue weighted by Gasteiger charge is -2.15.